The first-order chi connectivity index (χ1) is 14.7. The van der Waals surface area contributed by atoms with Gasteiger partial charge in [0.15, 0.2) is 5.96 Å². The van der Waals surface area contributed by atoms with Gasteiger partial charge in [-0.3, -0.25) is 4.99 Å². The Labute approximate surface area is 201 Å². The van der Waals surface area contributed by atoms with Crippen molar-refractivity contribution in [3.8, 4) is 11.8 Å². The minimum Gasteiger partial charge on any atom is -0.382 e. The number of halogens is 1. The minimum absolute atomic E-state index is 0. The summed E-state index contributed by atoms with van der Waals surface area (Å²) in [5.41, 5.74) is 8.13. The molecule has 4 N–H and O–H groups in total. The standard InChI is InChI=1S/C21H31N7O2.HI/c1-24-21(26-12-7-13-30-15-14-29-2)25-11-6-10-19-18(16-22)20(23)28(27-19)17-8-4-3-5-9-17;/h3-5,8-9H,6-7,10-15,23H2,1-2H3,(H2,24,25,26);1H. The monoisotopic (exact) mass is 541 g/mol. The van der Waals surface area contributed by atoms with Crippen molar-refractivity contribution in [3.63, 3.8) is 0 Å². The number of ether oxygens (including phenoxy) is 2. The number of hydrogen-bond acceptors (Lipinski definition) is 6. The van der Waals surface area contributed by atoms with Crippen molar-refractivity contribution >= 4 is 35.8 Å². The zero-order chi connectivity index (χ0) is 21.6. The molecule has 170 valence electrons. The molecule has 1 aromatic heterocycles. The lowest BCUT2D eigenvalue weighted by Gasteiger charge is -2.11. The van der Waals surface area contributed by atoms with E-state index >= 15 is 0 Å². The maximum Gasteiger partial charge on any atom is 0.190 e. The van der Waals surface area contributed by atoms with E-state index in [1.165, 1.54) is 0 Å². The number of nitrogens with one attached hydrogen (secondary N) is 2. The van der Waals surface area contributed by atoms with Crippen LogP contribution in [0.5, 0.6) is 0 Å². The summed E-state index contributed by atoms with van der Waals surface area (Å²) in [5, 5.41) is 20.6. The summed E-state index contributed by atoms with van der Waals surface area (Å²) in [6.45, 7) is 3.37. The molecule has 9 nitrogen and oxygen atoms in total. The summed E-state index contributed by atoms with van der Waals surface area (Å²) >= 11 is 0. The number of nitrogen functional groups attached to an aromatic ring is 1. The van der Waals surface area contributed by atoms with Gasteiger partial charge in [-0.25, -0.2) is 4.68 Å². The summed E-state index contributed by atoms with van der Waals surface area (Å²) in [4.78, 5) is 4.21. The normalized spacial score (nSPS) is 10.9. The molecule has 10 heteroatoms. The molecule has 0 aliphatic carbocycles. The lowest BCUT2D eigenvalue weighted by molar-refractivity contribution is 0.0698. The molecular formula is C21H32IN7O2. The van der Waals surface area contributed by atoms with Crippen LogP contribution < -0.4 is 16.4 Å². The maximum absolute atomic E-state index is 9.49. The molecule has 0 radical (unpaired) electrons. The highest BCUT2D eigenvalue weighted by Gasteiger charge is 2.16. The number of aromatic nitrogens is 2. The van der Waals surface area contributed by atoms with Gasteiger partial charge in [0.25, 0.3) is 0 Å². The Hall–Kier alpha value is -2.36. The summed E-state index contributed by atoms with van der Waals surface area (Å²) in [6, 6.07) is 11.8. The van der Waals surface area contributed by atoms with Crippen LogP contribution in [-0.4, -0.2) is 62.8 Å². The summed E-state index contributed by atoms with van der Waals surface area (Å²) in [7, 11) is 3.39. The number of methoxy groups -OCH3 is 1. The van der Waals surface area contributed by atoms with Crippen LogP contribution in [0.4, 0.5) is 5.82 Å². The number of benzene rings is 1. The molecule has 2 rings (SSSR count). The molecule has 1 heterocycles. The number of rotatable bonds is 12. The molecule has 0 saturated heterocycles. The van der Waals surface area contributed by atoms with Gasteiger partial charge >= 0.3 is 0 Å². The van der Waals surface area contributed by atoms with Crippen molar-refractivity contribution in [2.24, 2.45) is 4.99 Å². The SMILES string of the molecule is CN=C(NCCCOCCOC)NCCCc1nn(-c2ccccc2)c(N)c1C#N.I. The Bertz CT molecular complexity index is 834. The number of nitrogens with two attached hydrogens (primary N) is 1. The highest BCUT2D eigenvalue weighted by atomic mass is 127. The average molecular weight is 541 g/mol. The van der Waals surface area contributed by atoms with E-state index in [1.807, 2.05) is 30.3 Å². The highest BCUT2D eigenvalue weighted by molar-refractivity contribution is 14.0. The zero-order valence-electron chi connectivity index (χ0n) is 18.1. The van der Waals surface area contributed by atoms with Crippen LogP contribution in [0, 0.1) is 11.3 Å². The van der Waals surface area contributed by atoms with Crippen molar-refractivity contribution in [3.05, 3.63) is 41.6 Å². The van der Waals surface area contributed by atoms with E-state index in [4.69, 9.17) is 15.2 Å². The van der Waals surface area contributed by atoms with Gasteiger partial charge in [0.1, 0.15) is 17.5 Å². The molecule has 2 aromatic rings. The molecule has 0 amide bonds. The second kappa shape index (κ2) is 15.4. The highest BCUT2D eigenvalue weighted by Crippen LogP contribution is 2.21. The molecular weight excluding hydrogens is 509 g/mol. The lowest BCUT2D eigenvalue weighted by atomic mass is 10.1. The Morgan fingerprint density at radius 1 is 1.16 bits per heavy atom. The van der Waals surface area contributed by atoms with Crippen LogP contribution in [0.2, 0.25) is 0 Å². The van der Waals surface area contributed by atoms with Crippen molar-refractivity contribution in [2.75, 3.05) is 52.8 Å². The Balaban J connectivity index is 0.00000480. The molecule has 0 fully saturated rings. The average Bonchev–Trinajstić information content (AvgIpc) is 3.10. The van der Waals surface area contributed by atoms with Crippen LogP contribution >= 0.6 is 24.0 Å². The number of aliphatic imine (C=N–C) groups is 1. The van der Waals surface area contributed by atoms with Crippen molar-refractivity contribution in [2.45, 2.75) is 19.3 Å². The van der Waals surface area contributed by atoms with E-state index in [9.17, 15) is 5.26 Å². The molecule has 0 aliphatic heterocycles. The van der Waals surface area contributed by atoms with Gasteiger partial charge in [-0.15, -0.1) is 24.0 Å². The molecule has 0 aliphatic rings. The van der Waals surface area contributed by atoms with Crippen LogP contribution in [-0.2, 0) is 15.9 Å². The zero-order valence-corrected chi connectivity index (χ0v) is 20.5. The maximum atomic E-state index is 9.49. The van der Waals surface area contributed by atoms with E-state index in [0.717, 1.165) is 31.0 Å². The molecule has 0 unspecified atom stereocenters. The van der Waals surface area contributed by atoms with E-state index in [2.05, 4.69) is 26.8 Å². The number of aryl methyl sites for hydroxylation is 1. The van der Waals surface area contributed by atoms with Crippen molar-refractivity contribution in [1.82, 2.24) is 20.4 Å². The molecule has 0 spiro atoms. The van der Waals surface area contributed by atoms with Gasteiger partial charge in [-0.2, -0.15) is 10.4 Å². The fourth-order valence-corrected chi connectivity index (χ4v) is 2.85. The van der Waals surface area contributed by atoms with E-state index in [1.54, 1.807) is 18.8 Å². The second-order valence-electron chi connectivity index (χ2n) is 6.55. The Kier molecular flexibility index (Phi) is 13.3. The smallest absolute Gasteiger partial charge is 0.190 e. The fraction of sp³-hybridized carbons (Fsp3) is 0.476. The van der Waals surface area contributed by atoms with Gasteiger partial charge < -0.3 is 25.8 Å². The Morgan fingerprint density at radius 2 is 1.87 bits per heavy atom. The van der Waals surface area contributed by atoms with E-state index in [0.29, 0.717) is 49.9 Å². The number of hydrogen-bond donors (Lipinski definition) is 3. The summed E-state index contributed by atoms with van der Waals surface area (Å²) in [6.07, 6.45) is 2.32. The van der Waals surface area contributed by atoms with Crippen LogP contribution in [0.1, 0.15) is 24.1 Å². The van der Waals surface area contributed by atoms with Gasteiger partial charge in [-0.05, 0) is 31.4 Å². The number of para-hydroxylation sites is 1. The summed E-state index contributed by atoms with van der Waals surface area (Å²) in [5.74, 6) is 1.11. The van der Waals surface area contributed by atoms with Crippen LogP contribution in [0.3, 0.4) is 0 Å². The predicted octanol–water partition coefficient (Wildman–Crippen LogP) is 2.09. The topological polar surface area (TPSA) is 123 Å². The van der Waals surface area contributed by atoms with Gasteiger partial charge in [0.2, 0.25) is 0 Å². The van der Waals surface area contributed by atoms with Crippen molar-refractivity contribution < 1.29 is 9.47 Å². The van der Waals surface area contributed by atoms with Crippen LogP contribution in [0.25, 0.3) is 5.69 Å². The third kappa shape index (κ3) is 8.72. The first-order valence-corrected chi connectivity index (χ1v) is 10.0. The van der Waals surface area contributed by atoms with Gasteiger partial charge in [0, 0.05) is 33.9 Å². The number of nitrogens with zero attached hydrogens (tertiary/aromatic N) is 4. The largest absolute Gasteiger partial charge is 0.382 e. The third-order valence-electron chi connectivity index (χ3n) is 4.40. The molecule has 0 saturated carbocycles. The number of guanidine groups is 1. The van der Waals surface area contributed by atoms with E-state index in [-0.39, 0.29) is 24.0 Å². The Morgan fingerprint density at radius 3 is 2.52 bits per heavy atom. The van der Waals surface area contributed by atoms with Crippen LogP contribution in [0.15, 0.2) is 35.3 Å². The second-order valence-corrected chi connectivity index (χ2v) is 6.55. The van der Waals surface area contributed by atoms with Gasteiger partial charge in [0.05, 0.1) is 24.6 Å². The van der Waals surface area contributed by atoms with Crippen molar-refractivity contribution in [1.29, 1.82) is 5.26 Å². The lowest BCUT2D eigenvalue weighted by Crippen LogP contribution is -2.38. The molecule has 0 bridgehead atoms. The molecule has 1 aromatic carbocycles. The van der Waals surface area contributed by atoms with Gasteiger partial charge in [-0.1, -0.05) is 18.2 Å². The first-order valence-electron chi connectivity index (χ1n) is 10.0. The number of nitriles is 1. The first kappa shape index (κ1) is 26.7. The third-order valence-corrected chi connectivity index (χ3v) is 4.40. The predicted molar refractivity (Wildman–Crippen MR) is 133 cm³/mol. The fourth-order valence-electron chi connectivity index (χ4n) is 2.85. The minimum atomic E-state index is 0. The molecule has 0 atom stereocenters. The summed E-state index contributed by atoms with van der Waals surface area (Å²) < 4.78 is 12.0. The number of anilines is 1. The quantitative estimate of drug-likeness (QED) is 0.163. The molecule has 31 heavy (non-hydrogen) atoms. The van der Waals surface area contributed by atoms with E-state index < -0.39 is 0 Å².